The third-order valence-electron chi connectivity index (χ3n) is 5.90. The molecule has 0 spiro atoms. The number of hydrogen-bond acceptors (Lipinski definition) is 5. The summed E-state index contributed by atoms with van der Waals surface area (Å²) in [5.74, 6) is 1.42. The van der Waals surface area contributed by atoms with Gasteiger partial charge in [0.2, 0.25) is 0 Å². The number of nitrogens with one attached hydrogen (secondary N) is 2. The fraction of sp³-hybridized carbons (Fsp3) is 0.417. The first-order chi connectivity index (χ1) is 14.5. The van der Waals surface area contributed by atoms with Gasteiger partial charge in [0.15, 0.2) is 5.65 Å². The number of aromatic nitrogens is 4. The summed E-state index contributed by atoms with van der Waals surface area (Å²) in [6.07, 6.45) is 11.2. The van der Waals surface area contributed by atoms with Crippen LogP contribution in [0.25, 0.3) is 22.1 Å². The second-order valence-electron chi connectivity index (χ2n) is 8.61. The van der Waals surface area contributed by atoms with Crippen molar-refractivity contribution >= 4 is 34.2 Å². The van der Waals surface area contributed by atoms with E-state index in [9.17, 15) is 0 Å². The van der Waals surface area contributed by atoms with Crippen LogP contribution in [0.2, 0.25) is 0 Å². The summed E-state index contributed by atoms with van der Waals surface area (Å²) < 4.78 is 0. The van der Waals surface area contributed by atoms with Crippen LogP contribution in [0, 0.1) is 18.8 Å². The van der Waals surface area contributed by atoms with E-state index in [-0.39, 0.29) is 0 Å². The fourth-order valence-corrected chi connectivity index (χ4v) is 4.12. The molecule has 3 aromatic rings. The van der Waals surface area contributed by atoms with Gasteiger partial charge in [-0.15, -0.1) is 10.2 Å². The van der Waals surface area contributed by atoms with Crippen LogP contribution in [-0.2, 0) is 0 Å². The third-order valence-corrected chi connectivity index (χ3v) is 5.90. The molecule has 4 rings (SSSR count). The second-order valence-corrected chi connectivity index (χ2v) is 8.61. The molecular weight excluding hydrogens is 372 g/mol. The van der Waals surface area contributed by atoms with E-state index in [4.69, 9.17) is 0 Å². The molecular formula is C24H30N6. The Balaban J connectivity index is 1.40. The molecule has 1 aliphatic carbocycles. The molecule has 0 radical (unpaired) electrons. The first-order valence-corrected chi connectivity index (χ1v) is 10.7. The lowest BCUT2D eigenvalue weighted by Crippen LogP contribution is -2.18. The molecule has 2 aromatic heterocycles. The predicted molar refractivity (Wildman–Crippen MR) is 125 cm³/mol. The van der Waals surface area contributed by atoms with Gasteiger partial charge in [-0.3, -0.25) is 0 Å². The summed E-state index contributed by atoms with van der Waals surface area (Å²) in [6, 6.07) is 6.13. The van der Waals surface area contributed by atoms with Crippen molar-refractivity contribution in [1.82, 2.24) is 20.2 Å². The van der Waals surface area contributed by atoms with Crippen molar-refractivity contribution in [3.8, 4) is 0 Å². The second kappa shape index (κ2) is 8.78. The molecule has 0 amide bonds. The van der Waals surface area contributed by atoms with E-state index in [1.807, 2.05) is 18.3 Å². The Morgan fingerprint density at radius 1 is 1.30 bits per heavy atom. The summed E-state index contributed by atoms with van der Waals surface area (Å²) in [6.45, 7) is 8.70. The zero-order valence-corrected chi connectivity index (χ0v) is 18.2. The first kappa shape index (κ1) is 20.3. The Morgan fingerprint density at radius 2 is 2.17 bits per heavy atom. The number of anilines is 1. The lowest BCUT2D eigenvalue weighted by atomic mass is 9.80. The van der Waals surface area contributed by atoms with Gasteiger partial charge in [0.05, 0.1) is 5.52 Å². The molecule has 0 unspecified atom stereocenters. The van der Waals surface area contributed by atoms with Crippen LogP contribution in [0.3, 0.4) is 0 Å². The highest BCUT2D eigenvalue weighted by atomic mass is 15.4. The van der Waals surface area contributed by atoms with Gasteiger partial charge in [0.1, 0.15) is 5.52 Å². The average Bonchev–Trinajstić information content (AvgIpc) is 3.09. The van der Waals surface area contributed by atoms with Crippen molar-refractivity contribution in [2.24, 2.45) is 16.9 Å². The van der Waals surface area contributed by atoms with Gasteiger partial charge < -0.3 is 4.98 Å². The summed E-state index contributed by atoms with van der Waals surface area (Å²) in [5, 5.41) is 14.0. The third kappa shape index (κ3) is 4.42. The van der Waals surface area contributed by atoms with Crippen LogP contribution < -0.4 is 5.43 Å². The van der Waals surface area contributed by atoms with Crippen LogP contribution in [0.1, 0.15) is 52.0 Å². The maximum Gasteiger partial charge on any atom is 0.265 e. The number of aryl methyl sites for hydroxylation is 1. The van der Waals surface area contributed by atoms with Crippen molar-refractivity contribution in [3.05, 3.63) is 47.1 Å². The first-order valence-electron chi connectivity index (χ1n) is 10.7. The number of hydrazone groups is 1. The maximum atomic E-state index is 4.54. The molecule has 1 aliphatic rings. The van der Waals surface area contributed by atoms with Crippen LogP contribution in [0.5, 0.6) is 0 Å². The molecule has 6 heteroatoms. The molecule has 2 atom stereocenters. The van der Waals surface area contributed by atoms with Crippen molar-refractivity contribution in [2.45, 2.75) is 53.4 Å². The summed E-state index contributed by atoms with van der Waals surface area (Å²) in [4.78, 5) is 7.89. The lowest BCUT2D eigenvalue weighted by Gasteiger charge is -2.25. The van der Waals surface area contributed by atoms with Gasteiger partial charge in [0.25, 0.3) is 5.95 Å². The molecule has 0 fully saturated rings. The Hall–Kier alpha value is -3.02. The molecule has 30 heavy (non-hydrogen) atoms. The normalized spacial score (nSPS) is 19.4. The lowest BCUT2D eigenvalue weighted by molar-refractivity contribution is 0.431. The molecule has 156 valence electrons. The van der Waals surface area contributed by atoms with Gasteiger partial charge in [0, 0.05) is 17.5 Å². The number of para-hydroxylation sites is 1. The Bertz CT molecular complexity index is 1130. The zero-order chi connectivity index (χ0) is 21.1. The maximum absolute atomic E-state index is 4.54. The van der Waals surface area contributed by atoms with Crippen LogP contribution in [0.4, 0.5) is 5.95 Å². The topological polar surface area (TPSA) is 78.8 Å². The summed E-state index contributed by atoms with van der Waals surface area (Å²) >= 11 is 0. The molecule has 0 bridgehead atoms. The molecule has 0 saturated carbocycles. The molecule has 2 N–H and O–H groups in total. The monoisotopic (exact) mass is 402 g/mol. The number of fused-ring (bicyclic) bond motifs is 3. The van der Waals surface area contributed by atoms with Gasteiger partial charge in [-0.05, 0) is 57.9 Å². The minimum Gasteiger partial charge on any atom is -0.337 e. The van der Waals surface area contributed by atoms with Gasteiger partial charge in [-0.1, -0.05) is 48.4 Å². The SMILES string of the molecule is CC(C)=CCCC1=CC[C@H](/C=N/Nc2nnc3c(n2)[nH]c2c(C)cccc23)[C@@H](C)C1. The van der Waals surface area contributed by atoms with E-state index in [1.54, 1.807) is 5.57 Å². The van der Waals surface area contributed by atoms with Gasteiger partial charge in [-0.25, -0.2) is 5.43 Å². The largest absolute Gasteiger partial charge is 0.337 e. The van der Waals surface area contributed by atoms with E-state index in [1.165, 1.54) is 17.6 Å². The Kier molecular flexibility index (Phi) is 5.93. The Labute approximate surface area is 177 Å². The standard InChI is InChI=1S/C24H30N6/c1-15(2)7-5-9-18-11-12-19(17(4)13-18)14-25-29-24-27-23-22(28-30-24)20-10-6-8-16(3)21(20)26-23/h6-8,10-11,14,17,19H,5,9,12-13H2,1-4H3,(H2,26,27,29,30)/b25-14+/t17-,19+/m0/s1. The number of allylic oxidation sites excluding steroid dienone is 4. The molecule has 2 heterocycles. The van der Waals surface area contributed by atoms with Gasteiger partial charge in [-0.2, -0.15) is 10.1 Å². The minimum absolute atomic E-state index is 0.407. The minimum atomic E-state index is 0.407. The summed E-state index contributed by atoms with van der Waals surface area (Å²) in [7, 11) is 0. The van der Waals surface area contributed by atoms with Crippen LogP contribution >= 0.6 is 0 Å². The number of aromatic amines is 1. The zero-order valence-electron chi connectivity index (χ0n) is 18.2. The van der Waals surface area contributed by atoms with Crippen molar-refractivity contribution in [2.75, 3.05) is 5.43 Å². The van der Waals surface area contributed by atoms with E-state index < -0.39 is 0 Å². The smallest absolute Gasteiger partial charge is 0.265 e. The summed E-state index contributed by atoms with van der Waals surface area (Å²) in [5.41, 5.74) is 9.66. The van der Waals surface area contributed by atoms with E-state index in [0.29, 0.717) is 17.8 Å². The number of nitrogens with zero attached hydrogens (tertiary/aromatic N) is 4. The number of H-pyrrole nitrogens is 1. The van der Waals surface area contributed by atoms with E-state index in [2.05, 4.69) is 76.6 Å². The highest BCUT2D eigenvalue weighted by Gasteiger charge is 2.20. The molecule has 1 aromatic carbocycles. The van der Waals surface area contributed by atoms with Crippen LogP contribution in [-0.4, -0.2) is 26.4 Å². The highest BCUT2D eigenvalue weighted by Crippen LogP contribution is 2.30. The fourth-order valence-electron chi connectivity index (χ4n) is 4.12. The van der Waals surface area contributed by atoms with Gasteiger partial charge >= 0.3 is 0 Å². The quantitative estimate of drug-likeness (QED) is 0.304. The van der Waals surface area contributed by atoms with E-state index >= 15 is 0 Å². The number of benzene rings is 1. The van der Waals surface area contributed by atoms with E-state index in [0.717, 1.165) is 41.3 Å². The van der Waals surface area contributed by atoms with Crippen LogP contribution in [0.15, 0.2) is 46.6 Å². The number of hydrogen-bond donors (Lipinski definition) is 2. The van der Waals surface area contributed by atoms with Crippen molar-refractivity contribution in [3.63, 3.8) is 0 Å². The average molecular weight is 403 g/mol. The molecule has 0 saturated heterocycles. The highest BCUT2D eigenvalue weighted by molar-refractivity contribution is 6.04. The molecule has 0 aliphatic heterocycles. The van der Waals surface area contributed by atoms with Crippen molar-refractivity contribution in [1.29, 1.82) is 0 Å². The number of rotatable bonds is 6. The predicted octanol–water partition coefficient (Wildman–Crippen LogP) is 5.93. The molecule has 6 nitrogen and oxygen atoms in total. The van der Waals surface area contributed by atoms with Crippen molar-refractivity contribution < 1.29 is 0 Å². The Morgan fingerprint density at radius 3 is 2.97 bits per heavy atom.